The fourth-order valence-electron chi connectivity index (χ4n) is 5.53. The molecule has 1 fully saturated rings. The van der Waals surface area contributed by atoms with Gasteiger partial charge in [-0.15, -0.1) is 11.3 Å². The zero-order valence-electron chi connectivity index (χ0n) is 24.3. The second-order valence-electron chi connectivity index (χ2n) is 11.8. The second kappa shape index (κ2) is 11.0. The van der Waals surface area contributed by atoms with Gasteiger partial charge >= 0.3 is 6.09 Å². The minimum atomic E-state index is -0.724. The highest BCUT2D eigenvalue weighted by molar-refractivity contribution is 7.21. The Kier molecular flexibility index (Phi) is 7.36. The molecule has 2 amide bonds. The van der Waals surface area contributed by atoms with E-state index in [1.807, 2.05) is 30.3 Å². The molecule has 0 aliphatic carbocycles. The number of rotatable bonds is 4. The summed E-state index contributed by atoms with van der Waals surface area (Å²) in [7, 11) is 0. The number of ether oxygens (including phenoxy) is 2. The lowest BCUT2D eigenvalue weighted by Crippen LogP contribution is -2.46. The second-order valence-corrected chi connectivity index (χ2v) is 12.8. The van der Waals surface area contributed by atoms with Crippen molar-refractivity contribution in [2.24, 2.45) is 0 Å². The Balaban J connectivity index is 1.33. The molecule has 2 aromatic carbocycles. The normalized spacial score (nSPS) is 18.1. The van der Waals surface area contributed by atoms with Crippen molar-refractivity contribution in [3.05, 3.63) is 53.4 Å². The Bertz CT molecular complexity index is 1690. The summed E-state index contributed by atoms with van der Waals surface area (Å²) in [6, 6.07) is 15.9. The van der Waals surface area contributed by atoms with Crippen molar-refractivity contribution in [3.8, 4) is 17.0 Å². The molecule has 42 heavy (non-hydrogen) atoms. The molecule has 6 rings (SSSR count). The van der Waals surface area contributed by atoms with Gasteiger partial charge in [-0.25, -0.2) is 14.7 Å². The molecule has 4 aromatic rings. The molecular formula is C32H34N4O5S. The number of carbonyl (C=O) groups is 3. The van der Waals surface area contributed by atoms with Crippen molar-refractivity contribution >= 4 is 56.3 Å². The predicted octanol–water partition coefficient (Wildman–Crippen LogP) is 5.60. The Morgan fingerprint density at radius 2 is 1.90 bits per heavy atom. The zero-order valence-corrected chi connectivity index (χ0v) is 25.1. The number of amides is 2. The summed E-state index contributed by atoms with van der Waals surface area (Å²) in [6.07, 6.45) is 0.293. The molecule has 0 unspecified atom stereocenters. The molecule has 0 N–H and O–H groups in total. The number of thiophene rings is 1. The maximum atomic E-state index is 13.7. The number of anilines is 1. The Morgan fingerprint density at radius 3 is 2.64 bits per heavy atom. The Morgan fingerprint density at radius 1 is 1.12 bits per heavy atom. The van der Waals surface area contributed by atoms with Gasteiger partial charge in [0, 0.05) is 52.9 Å². The van der Waals surface area contributed by atoms with Crippen LogP contribution in [0.4, 0.5) is 10.5 Å². The number of aldehydes is 1. The molecule has 10 heteroatoms. The van der Waals surface area contributed by atoms with Crippen molar-refractivity contribution in [1.29, 1.82) is 0 Å². The molecule has 0 radical (unpaired) electrons. The maximum absolute atomic E-state index is 13.7. The van der Waals surface area contributed by atoms with Gasteiger partial charge in [-0.3, -0.25) is 9.69 Å². The van der Waals surface area contributed by atoms with Crippen LogP contribution < -0.4 is 9.64 Å². The number of hydrogen-bond acceptors (Lipinski definition) is 9. The molecule has 1 saturated heterocycles. The summed E-state index contributed by atoms with van der Waals surface area (Å²) in [5.41, 5.74) is 3.08. The van der Waals surface area contributed by atoms with E-state index in [1.165, 1.54) is 16.2 Å². The van der Waals surface area contributed by atoms with Crippen molar-refractivity contribution in [2.45, 2.75) is 39.3 Å². The Hall–Kier alpha value is -4.02. The summed E-state index contributed by atoms with van der Waals surface area (Å²) in [4.78, 5) is 48.5. The summed E-state index contributed by atoms with van der Waals surface area (Å²) in [5.74, 6) is 0.0840. The molecule has 218 valence electrons. The van der Waals surface area contributed by atoms with Crippen LogP contribution >= 0.6 is 11.3 Å². The highest BCUT2D eigenvalue weighted by Crippen LogP contribution is 2.44. The molecule has 0 saturated carbocycles. The van der Waals surface area contributed by atoms with Gasteiger partial charge in [0.1, 0.15) is 23.4 Å². The van der Waals surface area contributed by atoms with Crippen LogP contribution in [0.15, 0.2) is 48.5 Å². The molecule has 9 nitrogen and oxygen atoms in total. The fraction of sp³-hybridized carbons (Fsp3) is 0.375. The number of carbonyl (C=O) groups excluding carboxylic acids is 3. The number of hydrogen-bond donors (Lipinski definition) is 0. The van der Waals surface area contributed by atoms with Crippen LogP contribution in [0.5, 0.6) is 5.75 Å². The first-order valence-electron chi connectivity index (χ1n) is 14.2. The van der Waals surface area contributed by atoms with Gasteiger partial charge in [0.05, 0.1) is 23.8 Å². The first kappa shape index (κ1) is 28.1. The van der Waals surface area contributed by atoms with E-state index >= 15 is 0 Å². The van der Waals surface area contributed by atoms with Crippen LogP contribution in [0.1, 0.15) is 37.4 Å². The number of fused-ring (bicyclic) bond motifs is 5. The van der Waals surface area contributed by atoms with Crippen molar-refractivity contribution in [1.82, 2.24) is 14.8 Å². The number of pyridine rings is 1. The fourth-order valence-corrected chi connectivity index (χ4v) is 6.63. The molecular weight excluding hydrogens is 552 g/mol. The minimum Gasteiger partial charge on any atom is -0.489 e. The number of benzene rings is 2. The van der Waals surface area contributed by atoms with E-state index in [0.29, 0.717) is 17.2 Å². The quantitative estimate of drug-likeness (QED) is 0.286. The minimum absolute atomic E-state index is 0.169. The van der Waals surface area contributed by atoms with Gasteiger partial charge in [-0.05, 0) is 64.1 Å². The van der Waals surface area contributed by atoms with E-state index in [9.17, 15) is 14.4 Å². The lowest BCUT2D eigenvalue weighted by Gasteiger charge is -2.35. The van der Waals surface area contributed by atoms with Crippen LogP contribution in [-0.4, -0.2) is 84.0 Å². The monoisotopic (exact) mass is 586 g/mol. The van der Waals surface area contributed by atoms with E-state index in [2.05, 4.69) is 28.0 Å². The Labute approximate surface area is 248 Å². The zero-order chi connectivity index (χ0) is 29.6. The van der Waals surface area contributed by atoms with Crippen molar-refractivity contribution < 1.29 is 23.9 Å². The summed E-state index contributed by atoms with van der Waals surface area (Å²) in [5, 5.41) is 1.72. The first-order chi connectivity index (χ1) is 20.1. The third-order valence-corrected chi connectivity index (χ3v) is 8.73. The van der Waals surface area contributed by atoms with E-state index in [0.717, 1.165) is 70.4 Å². The number of aromatic nitrogens is 1. The van der Waals surface area contributed by atoms with Gasteiger partial charge < -0.3 is 19.2 Å². The van der Waals surface area contributed by atoms with Gasteiger partial charge in [0.15, 0.2) is 5.75 Å². The van der Waals surface area contributed by atoms with Gasteiger partial charge in [0.25, 0.3) is 5.91 Å². The van der Waals surface area contributed by atoms with Crippen molar-refractivity contribution in [3.63, 3.8) is 0 Å². The summed E-state index contributed by atoms with van der Waals surface area (Å²) >= 11 is 1.32. The number of piperazine rings is 1. The topological polar surface area (TPSA) is 92.3 Å². The molecule has 2 aromatic heterocycles. The largest absolute Gasteiger partial charge is 0.489 e. The van der Waals surface area contributed by atoms with Gasteiger partial charge in [-0.2, -0.15) is 0 Å². The SMILES string of the molecule is C[C@@H]1COc2c(sc3ccc4nc(-c5cccc(N6CCN(CC=O)CC6)c5)ccc4c23)C(=O)N1C(=O)OC(C)(C)C. The molecule has 1 atom stereocenters. The summed E-state index contributed by atoms with van der Waals surface area (Å²) in [6.45, 7) is 11.2. The third kappa shape index (κ3) is 5.32. The molecule has 2 aliphatic rings. The molecule has 4 heterocycles. The van der Waals surface area contributed by atoms with Crippen LogP contribution in [-0.2, 0) is 9.53 Å². The van der Waals surface area contributed by atoms with E-state index in [1.54, 1.807) is 27.7 Å². The lowest BCUT2D eigenvalue weighted by molar-refractivity contribution is -0.108. The predicted molar refractivity (Wildman–Crippen MR) is 165 cm³/mol. The lowest BCUT2D eigenvalue weighted by atomic mass is 10.1. The first-order valence-corrected chi connectivity index (χ1v) is 15.0. The standard InChI is InChI=1S/C32H34N4O5S/c1-20-19-40-28-27-23-8-9-24(21-6-5-7-22(18-21)35-14-12-34(13-15-35)16-17-37)33-25(23)10-11-26(27)42-29(28)30(38)36(20)31(39)41-32(2,3)4/h5-11,17-18,20H,12-16,19H2,1-4H3/t20-/m1/s1. The maximum Gasteiger partial charge on any atom is 0.417 e. The third-order valence-electron chi connectivity index (χ3n) is 7.60. The van der Waals surface area contributed by atoms with Gasteiger partial charge in [-0.1, -0.05) is 12.1 Å². The van der Waals surface area contributed by atoms with Crippen LogP contribution in [0.3, 0.4) is 0 Å². The van der Waals surface area contributed by atoms with E-state index in [-0.39, 0.29) is 6.61 Å². The molecule has 2 aliphatic heterocycles. The highest BCUT2D eigenvalue weighted by Gasteiger charge is 2.38. The average Bonchev–Trinajstić information content (AvgIpc) is 3.29. The van der Waals surface area contributed by atoms with Crippen molar-refractivity contribution in [2.75, 3.05) is 44.2 Å². The summed E-state index contributed by atoms with van der Waals surface area (Å²) < 4.78 is 12.6. The van der Waals surface area contributed by atoms with Crippen LogP contribution in [0.2, 0.25) is 0 Å². The van der Waals surface area contributed by atoms with Crippen LogP contribution in [0, 0.1) is 0 Å². The van der Waals surface area contributed by atoms with E-state index in [4.69, 9.17) is 14.5 Å². The number of nitrogens with zero attached hydrogens (tertiary/aromatic N) is 4. The smallest absolute Gasteiger partial charge is 0.417 e. The highest BCUT2D eigenvalue weighted by atomic mass is 32.1. The van der Waals surface area contributed by atoms with Gasteiger partial charge in [0.2, 0.25) is 0 Å². The molecule has 0 bridgehead atoms. The molecule has 0 spiro atoms. The number of imide groups is 1. The van der Waals surface area contributed by atoms with E-state index < -0.39 is 23.6 Å². The average molecular weight is 587 g/mol. The van der Waals surface area contributed by atoms with Crippen LogP contribution in [0.25, 0.3) is 32.2 Å².